The van der Waals surface area contributed by atoms with Crippen LogP contribution in [0.4, 0.5) is 0 Å². The molecule has 1 atom stereocenters. The molecule has 1 amide bonds. The average Bonchev–Trinajstić information content (AvgIpc) is 3.07. The summed E-state index contributed by atoms with van der Waals surface area (Å²) < 4.78 is 5.64. The molecule has 2 aromatic rings. The van der Waals surface area contributed by atoms with E-state index in [2.05, 4.69) is 31.1 Å². The zero-order valence-corrected chi connectivity index (χ0v) is 14.9. The fraction of sp³-hybridized carbons (Fsp3) is 0.529. The quantitative estimate of drug-likeness (QED) is 0.849. The van der Waals surface area contributed by atoms with E-state index in [1.165, 1.54) is 0 Å². The number of aromatic nitrogens is 1. The van der Waals surface area contributed by atoms with Gasteiger partial charge in [-0.1, -0.05) is 26.8 Å². The van der Waals surface area contributed by atoms with Gasteiger partial charge in [-0.2, -0.15) is 0 Å². The van der Waals surface area contributed by atoms with Crippen molar-refractivity contribution in [1.82, 2.24) is 10.3 Å². The average molecular weight is 336 g/mol. The maximum Gasteiger partial charge on any atom is 0.236 e. The number of hydrogen-bond acceptors (Lipinski definition) is 5. The van der Waals surface area contributed by atoms with Gasteiger partial charge in [0.05, 0.1) is 29.6 Å². The summed E-state index contributed by atoms with van der Waals surface area (Å²) in [7, 11) is 0. The first kappa shape index (κ1) is 17.7. The molecule has 2 rings (SSSR count). The van der Waals surface area contributed by atoms with Crippen LogP contribution in [0.25, 0.3) is 10.8 Å². The zero-order chi connectivity index (χ0) is 17.0. The Labute approximate surface area is 140 Å². The number of carbonyl (C=O) groups is 1. The number of carbonyl (C=O) groups excluding carboxylic acids is 1. The monoisotopic (exact) mass is 336 g/mol. The first-order valence-corrected chi connectivity index (χ1v) is 8.57. The van der Waals surface area contributed by atoms with Crippen molar-refractivity contribution in [3.8, 4) is 10.8 Å². The van der Waals surface area contributed by atoms with Crippen LogP contribution >= 0.6 is 11.3 Å². The minimum atomic E-state index is -0.244. The van der Waals surface area contributed by atoms with Gasteiger partial charge in [-0.15, -0.1) is 11.3 Å². The second kappa shape index (κ2) is 7.27. The van der Waals surface area contributed by atoms with E-state index < -0.39 is 0 Å². The number of nitrogens with one attached hydrogen (secondary N) is 1. The van der Waals surface area contributed by atoms with E-state index in [-0.39, 0.29) is 30.4 Å². The second-order valence-corrected chi connectivity index (χ2v) is 7.84. The summed E-state index contributed by atoms with van der Waals surface area (Å²) in [5.41, 5.74) is 0.676. The van der Waals surface area contributed by atoms with Crippen molar-refractivity contribution >= 4 is 17.2 Å². The van der Waals surface area contributed by atoms with E-state index in [9.17, 15) is 9.90 Å². The van der Waals surface area contributed by atoms with Crippen LogP contribution < -0.4 is 5.32 Å². The molecule has 1 unspecified atom stereocenters. The first-order valence-electron chi connectivity index (χ1n) is 7.69. The molecule has 6 heteroatoms. The van der Waals surface area contributed by atoms with Gasteiger partial charge in [-0.25, -0.2) is 4.98 Å². The van der Waals surface area contributed by atoms with Crippen LogP contribution in [0.2, 0.25) is 0 Å². The van der Waals surface area contributed by atoms with Crippen LogP contribution in [0.1, 0.15) is 38.6 Å². The molecule has 126 valence electrons. The highest BCUT2D eigenvalue weighted by atomic mass is 32.1. The van der Waals surface area contributed by atoms with Gasteiger partial charge in [0, 0.05) is 0 Å². The number of nitrogens with zero attached hydrogens (tertiary/aromatic N) is 1. The molecule has 0 radical (unpaired) electrons. The fourth-order valence-electron chi connectivity index (χ4n) is 2.43. The fourth-order valence-corrected chi connectivity index (χ4v) is 3.08. The first-order chi connectivity index (χ1) is 10.8. The smallest absolute Gasteiger partial charge is 0.236 e. The third-order valence-corrected chi connectivity index (χ3v) is 4.25. The summed E-state index contributed by atoms with van der Waals surface area (Å²) in [5, 5.41) is 14.3. The lowest BCUT2D eigenvalue weighted by Crippen LogP contribution is -2.40. The molecule has 0 aliphatic carbocycles. The predicted octanol–water partition coefficient (Wildman–Crippen LogP) is 3.17. The SMILES string of the molecule is Cc1oc(-c2cccs2)nc1CC(=O)NC(CO)CC(C)(C)C. The lowest BCUT2D eigenvalue weighted by Gasteiger charge is -2.25. The molecule has 2 aromatic heterocycles. The van der Waals surface area contributed by atoms with E-state index in [1.807, 2.05) is 24.4 Å². The number of aliphatic hydroxyl groups is 1. The van der Waals surface area contributed by atoms with Crippen molar-refractivity contribution in [2.75, 3.05) is 6.61 Å². The topological polar surface area (TPSA) is 75.4 Å². The summed E-state index contributed by atoms with van der Waals surface area (Å²) >= 11 is 1.55. The van der Waals surface area contributed by atoms with Crippen LogP contribution in [0.5, 0.6) is 0 Å². The van der Waals surface area contributed by atoms with Gasteiger partial charge in [-0.05, 0) is 30.2 Å². The zero-order valence-electron chi connectivity index (χ0n) is 14.0. The lowest BCUT2D eigenvalue weighted by atomic mass is 9.88. The molecule has 0 aromatic carbocycles. The van der Waals surface area contributed by atoms with Crippen molar-refractivity contribution in [2.45, 2.75) is 46.6 Å². The van der Waals surface area contributed by atoms with Crippen LogP contribution in [0.15, 0.2) is 21.9 Å². The molecule has 0 spiro atoms. The van der Waals surface area contributed by atoms with Crippen LogP contribution in [-0.2, 0) is 11.2 Å². The van der Waals surface area contributed by atoms with Crippen LogP contribution in [-0.4, -0.2) is 28.6 Å². The summed E-state index contributed by atoms with van der Waals surface area (Å²) in [6.45, 7) is 7.98. The third kappa shape index (κ3) is 5.18. The van der Waals surface area contributed by atoms with Gasteiger partial charge < -0.3 is 14.8 Å². The van der Waals surface area contributed by atoms with E-state index >= 15 is 0 Å². The summed E-state index contributed by atoms with van der Waals surface area (Å²) in [6, 6.07) is 3.63. The Morgan fingerprint density at radius 3 is 2.78 bits per heavy atom. The van der Waals surface area contributed by atoms with Gasteiger partial charge in [0.15, 0.2) is 0 Å². The van der Waals surface area contributed by atoms with Gasteiger partial charge in [0.2, 0.25) is 11.8 Å². The normalized spacial score (nSPS) is 13.1. The minimum Gasteiger partial charge on any atom is -0.440 e. The Hall–Kier alpha value is -1.66. The maximum absolute atomic E-state index is 12.2. The Balaban J connectivity index is 2.00. The number of rotatable bonds is 6. The highest BCUT2D eigenvalue weighted by Gasteiger charge is 2.21. The molecule has 0 saturated carbocycles. The second-order valence-electron chi connectivity index (χ2n) is 6.89. The van der Waals surface area contributed by atoms with Gasteiger partial charge in [-0.3, -0.25) is 4.79 Å². The largest absolute Gasteiger partial charge is 0.440 e. The van der Waals surface area contributed by atoms with Crippen LogP contribution in [0.3, 0.4) is 0 Å². The third-order valence-electron chi connectivity index (χ3n) is 3.40. The molecular formula is C17H24N2O3S. The number of hydrogen-bond donors (Lipinski definition) is 2. The number of oxazole rings is 1. The highest BCUT2D eigenvalue weighted by molar-refractivity contribution is 7.13. The highest BCUT2D eigenvalue weighted by Crippen LogP contribution is 2.26. The Bertz CT molecular complexity index is 641. The molecule has 0 aliphatic heterocycles. The van der Waals surface area contributed by atoms with Crippen molar-refractivity contribution in [1.29, 1.82) is 0 Å². The van der Waals surface area contributed by atoms with Crippen molar-refractivity contribution in [3.05, 3.63) is 29.0 Å². The van der Waals surface area contributed by atoms with E-state index in [0.29, 0.717) is 23.8 Å². The van der Waals surface area contributed by atoms with Gasteiger partial charge in [0.25, 0.3) is 0 Å². The standard InChI is InChI=1S/C17H24N2O3S/c1-11-13(19-16(22-11)14-6-5-7-23-14)8-15(21)18-12(10-20)9-17(2,3)4/h5-7,12,20H,8-10H2,1-4H3,(H,18,21). The molecule has 23 heavy (non-hydrogen) atoms. The molecule has 0 bridgehead atoms. The summed E-state index contributed by atoms with van der Waals surface area (Å²) in [6.07, 6.45) is 0.870. The maximum atomic E-state index is 12.2. The van der Waals surface area contributed by atoms with E-state index in [0.717, 1.165) is 4.88 Å². The molecular weight excluding hydrogens is 312 g/mol. The molecule has 0 saturated heterocycles. The number of thiophene rings is 1. The van der Waals surface area contributed by atoms with Crippen molar-refractivity contribution in [3.63, 3.8) is 0 Å². The Morgan fingerprint density at radius 1 is 1.48 bits per heavy atom. The predicted molar refractivity (Wildman–Crippen MR) is 91.3 cm³/mol. The Morgan fingerprint density at radius 2 is 2.22 bits per heavy atom. The Kier molecular flexibility index (Phi) is 5.59. The number of aryl methyl sites for hydroxylation is 1. The van der Waals surface area contributed by atoms with Gasteiger partial charge >= 0.3 is 0 Å². The minimum absolute atomic E-state index is 0.0385. The lowest BCUT2D eigenvalue weighted by molar-refractivity contribution is -0.121. The summed E-state index contributed by atoms with van der Waals surface area (Å²) in [5.74, 6) is 1.05. The van der Waals surface area contributed by atoms with E-state index in [1.54, 1.807) is 11.3 Å². The van der Waals surface area contributed by atoms with Crippen LogP contribution in [0, 0.1) is 12.3 Å². The van der Waals surface area contributed by atoms with Crippen molar-refractivity contribution < 1.29 is 14.3 Å². The number of aliphatic hydroxyl groups excluding tert-OH is 1. The molecule has 2 heterocycles. The molecule has 5 nitrogen and oxygen atoms in total. The molecule has 0 fully saturated rings. The molecule has 0 aliphatic rings. The van der Waals surface area contributed by atoms with E-state index in [4.69, 9.17) is 4.42 Å². The number of amides is 1. The molecule has 2 N–H and O–H groups in total. The van der Waals surface area contributed by atoms with Crippen molar-refractivity contribution in [2.24, 2.45) is 5.41 Å². The van der Waals surface area contributed by atoms with Gasteiger partial charge in [0.1, 0.15) is 5.76 Å². The summed E-state index contributed by atoms with van der Waals surface area (Å²) in [4.78, 5) is 17.6.